The van der Waals surface area contributed by atoms with Gasteiger partial charge >= 0.3 is 6.18 Å². The molecule has 0 radical (unpaired) electrons. The number of piperidine rings is 1. The molecule has 8 nitrogen and oxygen atoms in total. The molecule has 1 aromatic carbocycles. The fraction of sp³-hybridized carbons (Fsp3) is 0.448. The molecule has 1 N–H and O–H groups in total. The minimum Gasteiger partial charge on any atom is -0.338 e. The summed E-state index contributed by atoms with van der Waals surface area (Å²) in [4.78, 5) is 48.7. The zero-order chi connectivity index (χ0) is 29.3. The van der Waals surface area contributed by atoms with Gasteiger partial charge in [0.25, 0.3) is 11.5 Å². The van der Waals surface area contributed by atoms with Crippen molar-refractivity contribution in [2.75, 3.05) is 32.7 Å². The predicted octanol–water partition coefficient (Wildman–Crippen LogP) is 4.95. The van der Waals surface area contributed by atoms with Crippen molar-refractivity contribution in [1.29, 1.82) is 0 Å². The first-order valence-electron chi connectivity index (χ1n) is 13.7. The lowest BCUT2D eigenvalue weighted by atomic mass is 10.0. The largest absolute Gasteiger partial charge is 0.416 e. The van der Waals surface area contributed by atoms with Crippen LogP contribution in [0.25, 0.3) is 5.69 Å². The van der Waals surface area contributed by atoms with E-state index in [1.165, 1.54) is 25.0 Å². The van der Waals surface area contributed by atoms with E-state index in [0.717, 1.165) is 54.1 Å². The molecule has 5 rings (SSSR count). The maximum absolute atomic E-state index is 13.1. The highest BCUT2D eigenvalue weighted by Gasteiger charge is 2.31. The first-order valence-corrected chi connectivity index (χ1v) is 14.5. The Bertz CT molecular complexity index is 1510. The third-order valence-electron chi connectivity index (χ3n) is 7.85. The minimum atomic E-state index is -4.48. The molecule has 0 unspecified atom stereocenters. The van der Waals surface area contributed by atoms with E-state index in [0.29, 0.717) is 40.3 Å². The number of halogens is 3. The predicted molar refractivity (Wildman–Crippen MR) is 152 cm³/mol. The van der Waals surface area contributed by atoms with Crippen LogP contribution in [0.5, 0.6) is 0 Å². The van der Waals surface area contributed by atoms with Gasteiger partial charge in [-0.3, -0.25) is 24.5 Å². The summed E-state index contributed by atoms with van der Waals surface area (Å²) in [6.07, 6.45) is -0.0381. The van der Waals surface area contributed by atoms with Gasteiger partial charge < -0.3 is 9.80 Å². The molecule has 0 spiro atoms. The van der Waals surface area contributed by atoms with Crippen LogP contribution >= 0.6 is 11.3 Å². The van der Waals surface area contributed by atoms with Crippen molar-refractivity contribution in [3.05, 3.63) is 73.3 Å². The number of aryl methyl sites for hydroxylation is 1. The van der Waals surface area contributed by atoms with Crippen molar-refractivity contribution < 1.29 is 22.8 Å². The number of alkyl halides is 3. The summed E-state index contributed by atoms with van der Waals surface area (Å²) in [7, 11) is 0. The topological polar surface area (TPSA) is 90.8 Å². The molecule has 218 valence electrons. The Balaban J connectivity index is 1.22. The number of carbonyl (C=O) groups excluding carboxylic acids is 2. The number of aliphatic imine (C=N–C) groups is 1. The van der Waals surface area contributed by atoms with Crippen molar-refractivity contribution in [2.45, 2.75) is 51.7 Å². The fourth-order valence-corrected chi connectivity index (χ4v) is 6.50. The molecule has 0 atom stereocenters. The Morgan fingerprint density at radius 3 is 2.27 bits per heavy atom. The molecule has 2 aliphatic heterocycles. The molecule has 41 heavy (non-hydrogen) atoms. The second-order valence-electron chi connectivity index (χ2n) is 10.6. The standard InChI is InChI=1S/C29H32F3N5O3S/c1-18(26-19(2)34-37(28(26)40)22-7-5-20(6-8-22)29(30,31)32)33-17-23(38)24-9-10-25(41-24)27(39)36-15-11-21(12-16-36)35-13-3-4-14-35/h5-10,21,34H,3-4,11-17H2,1-2H3. The van der Waals surface area contributed by atoms with Gasteiger partial charge in [0.2, 0.25) is 0 Å². The number of likely N-dealkylation sites (tertiary alicyclic amines) is 2. The number of hydrogen-bond acceptors (Lipinski definition) is 6. The molecule has 1 amide bonds. The third kappa shape index (κ3) is 6.23. The highest BCUT2D eigenvalue weighted by molar-refractivity contribution is 7.16. The summed E-state index contributed by atoms with van der Waals surface area (Å²) in [6.45, 7) is 6.78. The summed E-state index contributed by atoms with van der Waals surface area (Å²) in [5, 5.41) is 2.87. The number of amides is 1. The second kappa shape index (κ2) is 11.8. The summed E-state index contributed by atoms with van der Waals surface area (Å²) < 4.78 is 39.8. The molecule has 12 heteroatoms. The first-order chi connectivity index (χ1) is 19.5. The molecular weight excluding hydrogens is 555 g/mol. The van der Waals surface area contributed by atoms with Crippen molar-refractivity contribution in [1.82, 2.24) is 19.6 Å². The highest BCUT2D eigenvalue weighted by Crippen LogP contribution is 2.29. The van der Waals surface area contributed by atoms with Gasteiger partial charge in [0.15, 0.2) is 5.78 Å². The normalized spacial score (nSPS) is 17.4. The summed E-state index contributed by atoms with van der Waals surface area (Å²) in [6, 6.07) is 8.12. The van der Waals surface area contributed by atoms with Crippen LogP contribution in [0.15, 0.2) is 46.2 Å². The molecule has 3 aromatic rings. The van der Waals surface area contributed by atoms with Crippen LogP contribution in [0, 0.1) is 6.92 Å². The smallest absolute Gasteiger partial charge is 0.338 e. The molecule has 2 aromatic heterocycles. The number of nitrogens with one attached hydrogen (secondary N) is 1. The maximum Gasteiger partial charge on any atom is 0.416 e. The number of rotatable bonds is 7. The molecule has 0 bridgehead atoms. The highest BCUT2D eigenvalue weighted by atomic mass is 32.1. The lowest BCUT2D eigenvalue weighted by Gasteiger charge is -2.36. The average molecular weight is 588 g/mol. The van der Waals surface area contributed by atoms with E-state index < -0.39 is 17.3 Å². The number of thiophene rings is 1. The lowest BCUT2D eigenvalue weighted by molar-refractivity contribution is -0.137. The Morgan fingerprint density at radius 2 is 1.63 bits per heavy atom. The number of Topliss-reactive ketones (excluding diaryl/α,β-unsaturated/α-hetero) is 1. The average Bonchev–Trinajstić information content (AvgIpc) is 3.72. The van der Waals surface area contributed by atoms with Crippen LogP contribution in [-0.2, 0) is 6.18 Å². The van der Waals surface area contributed by atoms with Crippen LogP contribution in [-0.4, -0.2) is 75.7 Å². The van der Waals surface area contributed by atoms with Gasteiger partial charge in [-0.15, -0.1) is 11.3 Å². The van der Waals surface area contributed by atoms with Crippen LogP contribution < -0.4 is 5.56 Å². The molecular formula is C29H32F3N5O3S. The molecule has 4 heterocycles. The quantitative estimate of drug-likeness (QED) is 0.313. The molecule has 2 fully saturated rings. The summed E-state index contributed by atoms with van der Waals surface area (Å²) in [5.74, 6) is -0.322. The van der Waals surface area contributed by atoms with Gasteiger partial charge in [-0.1, -0.05) is 0 Å². The van der Waals surface area contributed by atoms with E-state index in [1.807, 2.05) is 4.90 Å². The maximum atomic E-state index is 13.1. The number of aromatic nitrogens is 2. The number of carbonyl (C=O) groups is 2. The Kier molecular flexibility index (Phi) is 8.32. The van der Waals surface area contributed by atoms with Crippen molar-refractivity contribution >= 4 is 28.7 Å². The Hall–Kier alpha value is -3.51. The van der Waals surface area contributed by atoms with Crippen LogP contribution in [0.2, 0.25) is 0 Å². The SMILES string of the molecule is CC(=NCC(=O)c1ccc(C(=O)N2CCC(N3CCCC3)CC2)s1)c1c(C)[nH]n(-c2ccc(C(F)(F)F)cc2)c1=O. The Morgan fingerprint density at radius 1 is 1.00 bits per heavy atom. The fourth-order valence-electron chi connectivity index (χ4n) is 5.60. The van der Waals surface area contributed by atoms with E-state index >= 15 is 0 Å². The van der Waals surface area contributed by atoms with Crippen molar-refractivity contribution in [2.24, 2.45) is 4.99 Å². The monoisotopic (exact) mass is 587 g/mol. The van der Waals surface area contributed by atoms with Gasteiger partial charge in [-0.25, -0.2) is 4.68 Å². The number of H-pyrrole nitrogens is 1. The third-order valence-corrected chi connectivity index (χ3v) is 8.96. The van der Waals surface area contributed by atoms with Crippen LogP contribution in [0.1, 0.15) is 68.8 Å². The van der Waals surface area contributed by atoms with E-state index in [-0.39, 0.29) is 29.5 Å². The van der Waals surface area contributed by atoms with Gasteiger partial charge in [-0.2, -0.15) is 13.2 Å². The van der Waals surface area contributed by atoms with Crippen molar-refractivity contribution in [3.8, 4) is 5.69 Å². The zero-order valence-corrected chi connectivity index (χ0v) is 23.8. The van der Waals surface area contributed by atoms with E-state index in [2.05, 4.69) is 15.0 Å². The Labute approximate surface area is 239 Å². The number of nitrogens with zero attached hydrogens (tertiary/aromatic N) is 4. The number of hydrogen-bond donors (Lipinski definition) is 1. The molecule has 2 aliphatic rings. The molecule has 0 saturated carbocycles. The van der Waals surface area contributed by atoms with Gasteiger partial charge in [0.05, 0.1) is 26.6 Å². The van der Waals surface area contributed by atoms with Crippen LogP contribution in [0.4, 0.5) is 13.2 Å². The van der Waals surface area contributed by atoms with Crippen molar-refractivity contribution in [3.63, 3.8) is 0 Å². The van der Waals surface area contributed by atoms with Crippen LogP contribution in [0.3, 0.4) is 0 Å². The van der Waals surface area contributed by atoms with E-state index in [1.54, 1.807) is 26.0 Å². The first kappa shape index (κ1) is 29.0. The lowest BCUT2D eigenvalue weighted by Crippen LogP contribution is -2.45. The summed E-state index contributed by atoms with van der Waals surface area (Å²) >= 11 is 1.15. The van der Waals surface area contributed by atoms with Gasteiger partial charge in [0, 0.05) is 30.5 Å². The molecule has 0 aliphatic carbocycles. The number of ketones is 1. The molecule has 2 saturated heterocycles. The van der Waals surface area contributed by atoms with Gasteiger partial charge in [0.1, 0.15) is 6.54 Å². The second-order valence-corrected chi connectivity index (χ2v) is 11.6. The zero-order valence-electron chi connectivity index (χ0n) is 23.0. The number of benzene rings is 1. The minimum absolute atomic E-state index is 0.0552. The summed E-state index contributed by atoms with van der Waals surface area (Å²) in [5.41, 5.74) is 0.00926. The number of aromatic amines is 1. The van der Waals surface area contributed by atoms with E-state index in [4.69, 9.17) is 0 Å². The van der Waals surface area contributed by atoms with E-state index in [9.17, 15) is 27.6 Å². The van der Waals surface area contributed by atoms with Gasteiger partial charge in [-0.05, 0) is 89.0 Å².